The predicted octanol–water partition coefficient (Wildman–Crippen LogP) is 4.47. The van der Waals surface area contributed by atoms with Crippen LogP contribution in [-0.4, -0.2) is 39.2 Å². The minimum absolute atomic E-state index is 0.252. The van der Waals surface area contributed by atoms with E-state index in [4.69, 9.17) is 9.26 Å². The molecule has 2 atom stereocenters. The third kappa shape index (κ3) is 3.93. The van der Waals surface area contributed by atoms with Crippen LogP contribution in [0.2, 0.25) is 0 Å². The lowest BCUT2D eigenvalue weighted by Crippen LogP contribution is -2.20. The molecule has 0 amide bonds. The number of ether oxygens (including phenoxy) is 1. The highest BCUT2D eigenvalue weighted by Crippen LogP contribution is 2.36. The number of hydrogen-bond donors (Lipinski definition) is 0. The van der Waals surface area contributed by atoms with Gasteiger partial charge in [0, 0.05) is 19.3 Å². The first-order chi connectivity index (χ1) is 13.8. The zero-order valence-corrected chi connectivity index (χ0v) is 16.6. The van der Waals surface area contributed by atoms with Crippen LogP contribution in [-0.2, 0) is 6.54 Å². The molecule has 6 nitrogen and oxygen atoms in total. The highest BCUT2D eigenvalue weighted by atomic mass is 16.5. The third-order valence-corrected chi connectivity index (χ3v) is 6.72. The molecule has 0 N–H and O–H groups in total. The van der Waals surface area contributed by atoms with Crippen LogP contribution in [0.25, 0.3) is 11.4 Å². The molecule has 2 aliphatic carbocycles. The number of hydrogen-bond acceptors (Lipinski definition) is 6. The molecule has 0 bridgehead atoms. The zero-order valence-electron chi connectivity index (χ0n) is 16.6. The van der Waals surface area contributed by atoms with Crippen molar-refractivity contribution in [2.24, 2.45) is 11.8 Å². The summed E-state index contributed by atoms with van der Waals surface area (Å²) >= 11 is 0. The van der Waals surface area contributed by atoms with Crippen LogP contribution in [0.5, 0.6) is 5.88 Å². The molecule has 0 spiro atoms. The van der Waals surface area contributed by atoms with Crippen molar-refractivity contribution in [3.05, 3.63) is 24.2 Å². The normalized spacial score (nSPS) is 26.3. The Labute approximate surface area is 166 Å². The maximum Gasteiger partial charge on any atom is 0.241 e. The van der Waals surface area contributed by atoms with Gasteiger partial charge >= 0.3 is 0 Å². The van der Waals surface area contributed by atoms with Crippen LogP contribution in [0.1, 0.15) is 63.7 Å². The van der Waals surface area contributed by atoms with Gasteiger partial charge in [-0.25, -0.2) is 4.98 Å². The van der Waals surface area contributed by atoms with Crippen molar-refractivity contribution in [1.29, 1.82) is 0 Å². The zero-order chi connectivity index (χ0) is 18.8. The second-order valence-corrected chi connectivity index (χ2v) is 8.74. The lowest BCUT2D eigenvalue weighted by molar-refractivity contribution is 0.149. The standard InChI is InChI=1S/C22H30N4O2/c1-2-9-18(10-3-1)27-22-19(11-6-12-23-22)21-24-20(28-25-21)15-26-13-16-7-4-5-8-17(16)14-26/h6,11-12,16-18H,1-5,7-10,13-15H2. The Hall–Kier alpha value is -1.95. The first-order valence-corrected chi connectivity index (χ1v) is 11.0. The van der Waals surface area contributed by atoms with Crippen molar-refractivity contribution in [2.45, 2.75) is 70.4 Å². The van der Waals surface area contributed by atoms with Gasteiger partial charge in [0.15, 0.2) is 0 Å². The van der Waals surface area contributed by atoms with E-state index in [1.54, 1.807) is 6.20 Å². The average molecular weight is 383 g/mol. The van der Waals surface area contributed by atoms with Crippen molar-refractivity contribution >= 4 is 0 Å². The van der Waals surface area contributed by atoms with Crippen LogP contribution in [0.3, 0.4) is 0 Å². The summed E-state index contributed by atoms with van der Waals surface area (Å²) < 4.78 is 11.8. The fraction of sp³-hybridized carbons (Fsp3) is 0.682. The predicted molar refractivity (Wildman–Crippen MR) is 106 cm³/mol. The van der Waals surface area contributed by atoms with E-state index in [0.29, 0.717) is 17.6 Å². The van der Waals surface area contributed by atoms with Crippen molar-refractivity contribution < 1.29 is 9.26 Å². The fourth-order valence-electron chi connectivity index (χ4n) is 5.25. The minimum Gasteiger partial charge on any atom is -0.474 e. The molecule has 3 fully saturated rings. The highest BCUT2D eigenvalue weighted by molar-refractivity contribution is 5.60. The maximum atomic E-state index is 6.20. The lowest BCUT2D eigenvalue weighted by atomic mass is 9.82. The van der Waals surface area contributed by atoms with Gasteiger partial charge in [-0.2, -0.15) is 4.98 Å². The van der Waals surface area contributed by atoms with E-state index in [9.17, 15) is 0 Å². The van der Waals surface area contributed by atoms with Gasteiger partial charge in [0.2, 0.25) is 17.6 Å². The Morgan fingerprint density at radius 3 is 2.54 bits per heavy atom. The average Bonchev–Trinajstić information content (AvgIpc) is 3.36. The molecule has 0 radical (unpaired) electrons. The Kier molecular flexibility index (Phi) is 5.30. The molecule has 2 aromatic rings. The Morgan fingerprint density at radius 2 is 1.75 bits per heavy atom. The second-order valence-electron chi connectivity index (χ2n) is 8.74. The van der Waals surface area contributed by atoms with Gasteiger partial charge < -0.3 is 9.26 Å². The summed E-state index contributed by atoms with van der Waals surface area (Å²) in [6.07, 6.45) is 13.6. The summed E-state index contributed by atoms with van der Waals surface area (Å²) in [4.78, 5) is 11.6. The molecule has 1 saturated heterocycles. The number of aromatic nitrogens is 3. The first-order valence-electron chi connectivity index (χ1n) is 11.0. The van der Waals surface area contributed by atoms with Crippen molar-refractivity contribution in [1.82, 2.24) is 20.0 Å². The Balaban J connectivity index is 1.27. The molecule has 1 aliphatic heterocycles. The first kappa shape index (κ1) is 18.1. The van der Waals surface area contributed by atoms with E-state index in [2.05, 4.69) is 20.0 Å². The third-order valence-electron chi connectivity index (χ3n) is 6.72. The fourth-order valence-corrected chi connectivity index (χ4v) is 5.25. The summed E-state index contributed by atoms with van der Waals surface area (Å²) in [5.74, 6) is 3.65. The molecule has 0 aromatic carbocycles. The van der Waals surface area contributed by atoms with Gasteiger partial charge in [0.25, 0.3) is 0 Å². The number of fused-ring (bicyclic) bond motifs is 1. The van der Waals surface area contributed by atoms with Crippen molar-refractivity contribution in [2.75, 3.05) is 13.1 Å². The molecule has 2 aromatic heterocycles. The van der Waals surface area contributed by atoms with Gasteiger partial charge in [0.05, 0.1) is 12.1 Å². The molecule has 2 unspecified atom stereocenters. The number of nitrogens with zero attached hydrogens (tertiary/aromatic N) is 4. The van der Waals surface area contributed by atoms with Gasteiger partial charge in [-0.3, -0.25) is 4.90 Å². The van der Waals surface area contributed by atoms with E-state index >= 15 is 0 Å². The summed E-state index contributed by atoms with van der Waals surface area (Å²) in [7, 11) is 0. The molecule has 3 aliphatic rings. The monoisotopic (exact) mass is 382 g/mol. The van der Waals surface area contributed by atoms with Crippen LogP contribution in [0.4, 0.5) is 0 Å². The van der Waals surface area contributed by atoms with Crippen LogP contribution in [0.15, 0.2) is 22.9 Å². The SMILES string of the molecule is c1cnc(OC2CCCCC2)c(-c2noc(CN3CC4CCCCC4C3)n2)c1. The van der Waals surface area contributed by atoms with Gasteiger partial charge in [-0.05, 0) is 62.5 Å². The summed E-state index contributed by atoms with van der Waals surface area (Å²) in [6.45, 7) is 3.09. The molecule has 150 valence electrons. The van der Waals surface area contributed by atoms with E-state index in [1.807, 2.05) is 12.1 Å². The van der Waals surface area contributed by atoms with Crippen molar-refractivity contribution in [3.63, 3.8) is 0 Å². The van der Waals surface area contributed by atoms with Crippen LogP contribution < -0.4 is 4.74 Å². The summed E-state index contributed by atoms with van der Waals surface area (Å²) in [5, 5.41) is 4.24. The maximum absolute atomic E-state index is 6.20. The van der Waals surface area contributed by atoms with E-state index < -0.39 is 0 Å². The Bertz CT molecular complexity index is 772. The largest absolute Gasteiger partial charge is 0.474 e. The molecule has 2 saturated carbocycles. The molecular formula is C22H30N4O2. The molecule has 3 heterocycles. The quantitative estimate of drug-likeness (QED) is 0.760. The van der Waals surface area contributed by atoms with Crippen molar-refractivity contribution in [3.8, 4) is 17.3 Å². The van der Waals surface area contributed by atoms with E-state index in [1.165, 1.54) is 58.0 Å². The minimum atomic E-state index is 0.252. The smallest absolute Gasteiger partial charge is 0.241 e. The Morgan fingerprint density at radius 1 is 1.00 bits per heavy atom. The summed E-state index contributed by atoms with van der Waals surface area (Å²) in [5.41, 5.74) is 0.832. The van der Waals surface area contributed by atoms with Gasteiger partial charge in [-0.1, -0.05) is 24.4 Å². The van der Waals surface area contributed by atoms with E-state index in [0.717, 1.165) is 36.8 Å². The summed E-state index contributed by atoms with van der Waals surface area (Å²) in [6, 6.07) is 3.88. The topological polar surface area (TPSA) is 64.3 Å². The molecule has 5 rings (SSSR count). The lowest BCUT2D eigenvalue weighted by Gasteiger charge is -2.23. The van der Waals surface area contributed by atoms with E-state index in [-0.39, 0.29) is 6.10 Å². The van der Waals surface area contributed by atoms with Gasteiger partial charge in [-0.15, -0.1) is 0 Å². The van der Waals surface area contributed by atoms with Gasteiger partial charge in [0.1, 0.15) is 6.10 Å². The second kappa shape index (κ2) is 8.19. The van der Waals surface area contributed by atoms with Crippen LogP contribution in [0, 0.1) is 11.8 Å². The molecule has 28 heavy (non-hydrogen) atoms. The van der Waals surface area contributed by atoms with Crippen LogP contribution >= 0.6 is 0 Å². The highest BCUT2D eigenvalue weighted by Gasteiger charge is 2.34. The number of likely N-dealkylation sites (tertiary alicyclic amines) is 1. The molecule has 6 heteroatoms. The molecular weight excluding hydrogens is 352 g/mol. The number of rotatable bonds is 5. The number of pyridine rings is 1.